The third kappa shape index (κ3) is 4.30. The lowest BCUT2D eigenvalue weighted by Gasteiger charge is -2.13. The van der Waals surface area contributed by atoms with Crippen molar-refractivity contribution >= 4 is 15.7 Å². The van der Waals surface area contributed by atoms with Gasteiger partial charge in [0.1, 0.15) is 17.2 Å². The average Bonchev–Trinajstić information content (AvgIpc) is 2.82. The van der Waals surface area contributed by atoms with E-state index in [1.165, 1.54) is 0 Å². The summed E-state index contributed by atoms with van der Waals surface area (Å²) in [4.78, 5) is 0. The predicted octanol–water partition coefficient (Wildman–Crippen LogP) is 2.21. The molecule has 2 N–H and O–H groups in total. The second-order valence-corrected chi connectivity index (χ2v) is 6.65. The van der Waals surface area contributed by atoms with E-state index >= 15 is 0 Å². The van der Waals surface area contributed by atoms with E-state index in [-0.39, 0.29) is 11.8 Å². The minimum absolute atomic E-state index is 0.146. The van der Waals surface area contributed by atoms with E-state index in [0.717, 1.165) is 5.56 Å². The molecular formula is C14H19N3O3S. The number of hydrogen-bond donors (Lipinski definition) is 2. The Labute approximate surface area is 124 Å². The number of aryl methyl sites for hydroxylation is 1. The SMILES string of the molecule is CNC(C)c1cccc(NS(=O)(=O)Cc2cc(C)on2)c1. The largest absolute Gasteiger partial charge is 0.361 e. The van der Waals surface area contributed by atoms with Crippen molar-refractivity contribution in [1.29, 1.82) is 0 Å². The Morgan fingerprint density at radius 3 is 2.71 bits per heavy atom. The quantitative estimate of drug-likeness (QED) is 0.854. The van der Waals surface area contributed by atoms with Gasteiger partial charge in [-0.25, -0.2) is 8.42 Å². The van der Waals surface area contributed by atoms with E-state index in [4.69, 9.17) is 4.52 Å². The monoisotopic (exact) mass is 309 g/mol. The Hall–Kier alpha value is -1.86. The lowest BCUT2D eigenvalue weighted by Crippen LogP contribution is -2.16. The molecule has 0 spiro atoms. The van der Waals surface area contributed by atoms with Crippen LogP contribution in [0.25, 0.3) is 0 Å². The van der Waals surface area contributed by atoms with Gasteiger partial charge in [0.05, 0.1) is 0 Å². The average molecular weight is 309 g/mol. The molecule has 1 atom stereocenters. The maximum absolute atomic E-state index is 12.1. The molecule has 7 heteroatoms. The zero-order valence-corrected chi connectivity index (χ0v) is 13.1. The van der Waals surface area contributed by atoms with Gasteiger partial charge < -0.3 is 9.84 Å². The van der Waals surface area contributed by atoms with E-state index in [2.05, 4.69) is 15.2 Å². The van der Waals surface area contributed by atoms with E-state index in [0.29, 0.717) is 17.1 Å². The van der Waals surface area contributed by atoms with Crippen molar-refractivity contribution in [1.82, 2.24) is 10.5 Å². The van der Waals surface area contributed by atoms with Crippen LogP contribution in [0.3, 0.4) is 0 Å². The van der Waals surface area contributed by atoms with Crippen molar-refractivity contribution < 1.29 is 12.9 Å². The molecule has 1 aromatic carbocycles. The summed E-state index contributed by atoms with van der Waals surface area (Å²) < 4.78 is 31.7. The second-order valence-electron chi connectivity index (χ2n) is 4.93. The first-order valence-electron chi connectivity index (χ1n) is 6.59. The van der Waals surface area contributed by atoms with Gasteiger partial charge in [-0.1, -0.05) is 17.3 Å². The van der Waals surface area contributed by atoms with Crippen LogP contribution in [0.4, 0.5) is 5.69 Å². The van der Waals surface area contributed by atoms with E-state index in [9.17, 15) is 8.42 Å². The van der Waals surface area contributed by atoms with E-state index in [1.807, 2.05) is 32.2 Å². The fourth-order valence-electron chi connectivity index (χ4n) is 1.93. The molecule has 0 amide bonds. The number of sulfonamides is 1. The van der Waals surface area contributed by atoms with Gasteiger partial charge in [0.25, 0.3) is 0 Å². The first-order chi connectivity index (χ1) is 9.89. The Morgan fingerprint density at radius 2 is 2.10 bits per heavy atom. The molecule has 0 aliphatic rings. The highest BCUT2D eigenvalue weighted by Gasteiger charge is 2.15. The number of rotatable bonds is 6. The zero-order chi connectivity index (χ0) is 15.5. The summed E-state index contributed by atoms with van der Waals surface area (Å²) in [5, 5.41) is 6.81. The van der Waals surface area contributed by atoms with Gasteiger partial charge in [-0.05, 0) is 38.6 Å². The highest BCUT2D eigenvalue weighted by Crippen LogP contribution is 2.19. The Balaban J connectivity index is 2.13. The third-order valence-electron chi connectivity index (χ3n) is 3.11. The molecule has 6 nitrogen and oxygen atoms in total. The zero-order valence-electron chi connectivity index (χ0n) is 12.3. The van der Waals surface area contributed by atoms with Gasteiger partial charge in [-0.15, -0.1) is 0 Å². The predicted molar refractivity (Wildman–Crippen MR) is 81.4 cm³/mol. The Morgan fingerprint density at radius 1 is 1.33 bits per heavy atom. The summed E-state index contributed by atoms with van der Waals surface area (Å²) in [7, 11) is -1.66. The summed E-state index contributed by atoms with van der Waals surface area (Å²) in [6.07, 6.45) is 0. The minimum Gasteiger partial charge on any atom is -0.361 e. The van der Waals surface area contributed by atoms with Gasteiger partial charge >= 0.3 is 0 Å². The summed E-state index contributed by atoms with van der Waals surface area (Å²) in [5.41, 5.74) is 1.93. The molecule has 1 heterocycles. The topological polar surface area (TPSA) is 84.2 Å². The number of anilines is 1. The number of aromatic nitrogens is 1. The van der Waals surface area contributed by atoms with Crippen molar-refractivity contribution in [3.05, 3.63) is 47.3 Å². The van der Waals surface area contributed by atoms with Crippen molar-refractivity contribution in [3.8, 4) is 0 Å². The number of hydrogen-bond acceptors (Lipinski definition) is 5. The van der Waals surface area contributed by atoms with Gasteiger partial charge in [-0.3, -0.25) is 4.72 Å². The highest BCUT2D eigenvalue weighted by molar-refractivity contribution is 7.91. The molecular weight excluding hydrogens is 290 g/mol. The van der Waals surface area contributed by atoms with Crippen LogP contribution in [0.1, 0.15) is 30.0 Å². The molecule has 114 valence electrons. The van der Waals surface area contributed by atoms with Crippen molar-refractivity contribution in [3.63, 3.8) is 0 Å². The van der Waals surface area contributed by atoms with Crippen LogP contribution >= 0.6 is 0 Å². The van der Waals surface area contributed by atoms with E-state index < -0.39 is 10.0 Å². The molecule has 0 radical (unpaired) electrons. The normalized spacial score (nSPS) is 13.1. The molecule has 0 aliphatic heterocycles. The molecule has 1 aromatic heterocycles. The third-order valence-corrected chi connectivity index (χ3v) is 4.33. The van der Waals surface area contributed by atoms with Crippen LogP contribution in [0.15, 0.2) is 34.9 Å². The van der Waals surface area contributed by atoms with Crippen LogP contribution in [0, 0.1) is 6.92 Å². The van der Waals surface area contributed by atoms with Gasteiger partial charge in [-0.2, -0.15) is 0 Å². The lowest BCUT2D eigenvalue weighted by molar-refractivity contribution is 0.392. The highest BCUT2D eigenvalue weighted by atomic mass is 32.2. The molecule has 0 aliphatic carbocycles. The molecule has 21 heavy (non-hydrogen) atoms. The molecule has 0 bridgehead atoms. The number of nitrogens with zero attached hydrogens (tertiary/aromatic N) is 1. The fourth-order valence-corrected chi connectivity index (χ4v) is 3.02. The first kappa shape index (κ1) is 15.5. The van der Waals surface area contributed by atoms with E-state index in [1.54, 1.807) is 19.1 Å². The molecule has 2 rings (SSSR count). The number of nitrogens with one attached hydrogen (secondary N) is 2. The van der Waals surface area contributed by atoms with Crippen LogP contribution in [-0.2, 0) is 15.8 Å². The van der Waals surface area contributed by atoms with Crippen molar-refractivity contribution in [2.75, 3.05) is 11.8 Å². The minimum atomic E-state index is -3.52. The molecule has 0 saturated carbocycles. The van der Waals surface area contributed by atoms with Crippen molar-refractivity contribution in [2.45, 2.75) is 25.6 Å². The molecule has 0 fully saturated rings. The molecule has 1 unspecified atom stereocenters. The molecule has 0 saturated heterocycles. The Bertz CT molecular complexity index is 710. The standard InChI is InChI=1S/C14H19N3O3S/c1-10-7-14(16-20-10)9-21(18,19)17-13-6-4-5-12(8-13)11(2)15-3/h4-8,11,15,17H,9H2,1-3H3. The lowest BCUT2D eigenvalue weighted by atomic mass is 10.1. The van der Waals surface area contributed by atoms with Crippen LogP contribution < -0.4 is 10.0 Å². The summed E-state index contributed by atoms with van der Waals surface area (Å²) >= 11 is 0. The van der Waals surface area contributed by atoms with Crippen molar-refractivity contribution in [2.24, 2.45) is 0 Å². The van der Waals surface area contributed by atoms with Gasteiger partial charge in [0, 0.05) is 17.8 Å². The number of benzene rings is 1. The van der Waals surface area contributed by atoms with Gasteiger partial charge in [0.2, 0.25) is 10.0 Å². The second kappa shape index (κ2) is 6.28. The van der Waals surface area contributed by atoms with Gasteiger partial charge in [0.15, 0.2) is 0 Å². The maximum atomic E-state index is 12.1. The molecule has 2 aromatic rings. The summed E-state index contributed by atoms with van der Waals surface area (Å²) in [6.45, 7) is 3.73. The smallest absolute Gasteiger partial charge is 0.238 e. The fraction of sp³-hybridized carbons (Fsp3) is 0.357. The van der Waals surface area contributed by atoms with Crippen LogP contribution in [0.5, 0.6) is 0 Å². The maximum Gasteiger partial charge on any atom is 0.238 e. The first-order valence-corrected chi connectivity index (χ1v) is 8.25. The summed E-state index contributed by atoms with van der Waals surface area (Å²) in [5.74, 6) is 0.376. The summed E-state index contributed by atoms with van der Waals surface area (Å²) in [6, 6.07) is 9.05. The Kier molecular flexibility index (Phi) is 4.64. The van der Waals surface area contributed by atoms with Crippen LogP contribution in [0.2, 0.25) is 0 Å². The van der Waals surface area contributed by atoms with Crippen LogP contribution in [-0.4, -0.2) is 20.6 Å².